The Kier molecular flexibility index (Phi) is 3.46. The van der Waals surface area contributed by atoms with Crippen LogP contribution in [-0.2, 0) is 13.0 Å². The van der Waals surface area contributed by atoms with Crippen molar-refractivity contribution >= 4 is 23.8 Å². The van der Waals surface area contributed by atoms with Crippen LogP contribution in [0.4, 0.5) is 0 Å². The van der Waals surface area contributed by atoms with Crippen LogP contribution in [0.15, 0.2) is 30.3 Å². The predicted molar refractivity (Wildman–Crippen MR) is 69.5 cm³/mol. The van der Waals surface area contributed by atoms with Gasteiger partial charge >= 0.3 is 0 Å². The molecule has 0 amide bonds. The van der Waals surface area contributed by atoms with Gasteiger partial charge in [-0.1, -0.05) is 42.9 Å². The summed E-state index contributed by atoms with van der Waals surface area (Å²) >= 11 is 11.2. The zero-order chi connectivity index (χ0) is 11.5. The molecule has 2 rings (SSSR count). The summed E-state index contributed by atoms with van der Waals surface area (Å²) in [6.45, 7) is 2.84. The second-order valence-corrected chi connectivity index (χ2v) is 4.54. The number of H-pyrrole nitrogens is 1. The molecule has 16 heavy (non-hydrogen) atoms. The Morgan fingerprint density at radius 2 is 2.19 bits per heavy atom. The molecule has 1 N–H and O–H groups in total. The molecule has 84 valence electrons. The van der Waals surface area contributed by atoms with E-state index >= 15 is 0 Å². The van der Waals surface area contributed by atoms with Crippen LogP contribution in [0.1, 0.15) is 18.2 Å². The molecule has 2 aromatic rings. The lowest BCUT2D eigenvalue weighted by molar-refractivity contribution is 0.665. The van der Waals surface area contributed by atoms with Crippen molar-refractivity contribution in [1.29, 1.82) is 0 Å². The number of aromatic amines is 1. The van der Waals surface area contributed by atoms with Crippen LogP contribution in [0.2, 0.25) is 5.02 Å². The fourth-order valence-corrected chi connectivity index (χ4v) is 2.07. The molecule has 0 aliphatic carbocycles. The fourth-order valence-electron chi connectivity index (χ4n) is 1.60. The number of nitrogens with zero attached hydrogens (tertiary/aromatic N) is 1. The maximum absolute atomic E-state index is 5.94. The summed E-state index contributed by atoms with van der Waals surface area (Å²) in [6, 6.07) is 9.82. The molecule has 0 aliphatic heterocycles. The Labute approximate surface area is 105 Å². The molecule has 0 bridgehead atoms. The molecule has 0 atom stereocenters. The Morgan fingerprint density at radius 3 is 2.81 bits per heavy atom. The molecule has 0 radical (unpaired) electrons. The third-order valence-corrected chi connectivity index (χ3v) is 3.03. The van der Waals surface area contributed by atoms with Gasteiger partial charge in [0, 0.05) is 10.7 Å². The van der Waals surface area contributed by atoms with E-state index in [0.717, 1.165) is 33.9 Å². The number of hydrogen-bond donors (Lipinski definition) is 1. The van der Waals surface area contributed by atoms with E-state index in [1.807, 2.05) is 35.0 Å². The normalized spacial score (nSPS) is 10.6. The van der Waals surface area contributed by atoms with Crippen molar-refractivity contribution in [3.05, 3.63) is 51.3 Å². The van der Waals surface area contributed by atoms with E-state index in [1.165, 1.54) is 0 Å². The molecule has 1 aromatic carbocycles. The minimum absolute atomic E-state index is 0.736. The summed E-state index contributed by atoms with van der Waals surface area (Å²) in [7, 11) is 0. The van der Waals surface area contributed by atoms with Crippen LogP contribution in [0.5, 0.6) is 0 Å². The van der Waals surface area contributed by atoms with Crippen molar-refractivity contribution in [2.75, 3.05) is 0 Å². The van der Waals surface area contributed by atoms with Gasteiger partial charge in [-0.15, -0.1) is 0 Å². The fraction of sp³-hybridized carbons (Fsp3) is 0.250. The molecule has 4 heteroatoms. The van der Waals surface area contributed by atoms with Gasteiger partial charge in [-0.05, 0) is 30.2 Å². The molecule has 0 saturated carbocycles. The third-order valence-electron chi connectivity index (χ3n) is 2.45. The maximum Gasteiger partial charge on any atom is 0.122 e. The lowest BCUT2D eigenvalue weighted by Gasteiger charge is -2.03. The number of nitrogens with one attached hydrogen (secondary N) is 1. The number of halogens is 1. The average molecular weight is 253 g/mol. The number of benzene rings is 1. The molecule has 2 nitrogen and oxygen atoms in total. The van der Waals surface area contributed by atoms with Crippen molar-refractivity contribution in [3.63, 3.8) is 0 Å². The van der Waals surface area contributed by atoms with E-state index in [0.29, 0.717) is 0 Å². The van der Waals surface area contributed by atoms with Crippen molar-refractivity contribution in [1.82, 2.24) is 9.78 Å². The first-order valence-electron chi connectivity index (χ1n) is 5.22. The van der Waals surface area contributed by atoms with Gasteiger partial charge < -0.3 is 5.10 Å². The van der Waals surface area contributed by atoms with E-state index in [4.69, 9.17) is 23.8 Å². The van der Waals surface area contributed by atoms with Crippen LogP contribution in [0.25, 0.3) is 0 Å². The predicted octanol–water partition coefficient (Wildman–Crippen LogP) is 3.81. The second-order valence-electron chi connectivity index (χ2n) is 3.69. The smallest absolute Gasteiger partial charge is 0.122 e. The summed E-state index contributed by atoms with van der Waals surface area (Å²) < 4.78 is 2.79. The van der Waals surface area contributed by atoms with Gasteiger partial charge in [-0.2, -0.15) is 0 Å². The summed E-state index contributed by atoms with van der Waals surface area (Å²) in [4.78, 5) is 0. The summed E-state index contributed by atoms with van der Waals surface area (Å²) in [5.41, 5.74) is 2.31. The lowest BCUT2D eigenvalue weighted by Crippen LogP contribution is -2.02. The number of aryl methyl sites for hydroxylation is 1. The van der Waals surface area contributed by atoms with Crippen LogP contribution in [-0.4, -0.2) is 9.78 Å². The van der Waals surface area contributed by atoms with E-state index in [1.54, 1.807) is 0 Å². The minimum atomic E-state index is 0.736. The first-order chi connectivity index (χ1) is 7.69. The Bertz CT molecular complexity index is 542. The molecular weight excluding hydrogens is 240 g/mol. The lowest BCUT2D eigenvalue weighted by atomic mass is 10.2. The van der Waals surface area contributed by atoms with Crippen molar-refractivity contribution < 1.29 is 0 Å². The molecule has 0 spiro atoms. The third kappa shape index (κ3) is 2.54. The SMILES string of the molecule is CCc1cc(=S)n(Cc2cccc(Cl)c2)[nH]1. The number of hydrogen-bond acceptors (Lipinski definition) is 1. The Morgan fingerprint density at radius 1 is 1.38 bits per heavy atom. The van der Waals surface area contributed by atoms with Crippen LogP contribution in [0.3, 0.4) is 0 Å². The van der Waals surface area contributed by atoms with Crippen LogP contribution < -0.4 is 0 Å². The highest BCUT2D eigenvalue weighted by Crippen LogP contribution is 2.12. The number of aromatic nitrogens is 2. The van der Waals surface area contributed by atoms with E-state index < -0.39 is 0 Å². The van der Waals surface area contributed by atoms with Crippen molar-refractivity contribution in [3.8, 4) is 0 Å². The summed E-state index contributed by atoms with van der Waals surface area (Å²) in [6.07, 6.45) is 0.964. The number of rotatable bonds is 3. The zero-order valence-electron chi connectivity index (χ0n) is 9.03. The molecule has 0 fully saturated rings. The first kappa shape index (κ1) is 11.4. The Balaban J connectivity index is 2.26. The molecule has 1 aromatic heterocycles. The average Bonchev–Trinajstić information content (AvgIpc) is 2.60. The molecule has 0 aliphatic rings. The van der Waals surface area contributed by atoms with Crippen molar-refractivity contribution in [2.24, 2.45) is 0 Å². The van der Waals surface area contributed by atoms with Crippen LogP contribution in [0, 0.1) is 4.64 Å². The zero-order valence-corrected chi connectivity index (χ0v) is 10.6. The molecule has 0 saturated heterocycles. The first-order valence-corrected chi connectivity index (χ1v) is 6.01. The van der Waals surface area contributed by atoms with Gasteiger partial charge in [0.15, 0.2) is 0 Å². The highest BCUT2D eigenvalue weighted by molar-refractivity contribution is 7.71. The van der Waals surface area contributed by atoms with Gasteiger partial charge in [0.1, 0.15) is 4.64 Å². The second kappa shape index (κ2) is 4.85. The highest BCUT2D eigenvalue weighted by atomic mass is 35.5. The Hall–Kier alpha value is -1.06. The van der Waals surface area contributed by atoms with E-state index in [-0.39, 0.29) is 0 Å². The monoisotopic (exact) mass is 252 g/mol. The summed E-state index contributed by atoms with van der Waals surface area (Å²) in [5, 5.41) is 4.02. The molecule has 0 unspecified atom stereocenters. The minimum Gasteiger partial charge on any atom is -0.301 e. The largest absolute Gasteiger partial charge is 0.301 e. The van der Waals surface area contributed by atoms with E-state index in [2.05, 4.69) is 12.0 Å². The van der Waals surface area contributed by atoms with Gasteiger partial charge in [-0.25, -0.2) is 0 Å². The van der Waals surface area contributed by atoms with Gasteiger partial charge in [0.2, 0.25) is 0 Å². The van der Waals surface area contributed by atoms with Gasteiger partial charge in [0.25, 0.3) is 0 Å². The maximum atomic E-state index is 5.94. The van der Waals surface area contributed by atoms with Gasteiger partial charge in [-0.3, -0.25) is 4.68 Å². The topological polar surface area (TPSA) is 20.7 Å². The quantitative estimate of drug-likeness (QED) is 0.824. The standard InChI is InChI=1S/C12H13ClN2S/c1-2-11-7-12(16)15(14-11)8-9-4-3-5-10(13)6-9/h3-7,14H,2,8H2,1H3. The van der Waals surface area contributed by atoms with Crippen molar-refractivity contribution in [2.45, 2.75) is 19.9 Å². The van der Waals surface area contributed by atoms with Crippen LogP contribution >= 0.6 is 23.8 Å². The molecule has 1 heterocycles. The summed E-state index contributed by atoms with van der Waals surface area (Å²) in [5.74, 6) is 0. The van der Waals surface area contributed by atoms with E-state index in [9.17, 15) is 0 Å². The highest BCUT2D eigenvalue weighted by Gasteiger charge is 2.00. The van der Waals surface area contributed by atoms with Gasteiger partial charge in [0.05, 0.1) is 6.54 Å². The molecular formula is C12H13ClN2S.